The van der Waals surface area contributed by atoms with Gasteiger partial charge in [0.1, 0.15) is 11.6 Å². The Morgan fingerprint density at radius 2 is 2.05 bits per heavy atom. The molecule has 5 nitrogen and oxygen atoms in total. The third-order valence-electron chi connectivity index (χ3n) is 2.89. The van der Waals surface area contributed by atoms with Crippen LogP contribution in [0.5, 0.6) is 0 Å². The number of hydrogen-bond acceptors (Lipinski definition) is 5. The maximum Gasteiger partial charge on any atom is 0.235 e. The first-order valence-electron chi connectivity index (χ1n) is 5.94. The molecular formula is C13H6F2N4OS. The van der Waals surface area contributed by atoms with E-state index < -0.39 is 11.6 Å². The van der Waals surface area contributed by atoms with E-state index in [0.29, 0.717) is 15.7 Å². The minimum atomic E-state index is -0.585. The van der Waals surface area contributed by atoms with Crippen LogP contribution in [0.4, 0.5) is 8.78 Å². The Kier molecular flexibility index (Phi) is 2.58. The Bertz CT molecular complexity index is 929. The van der Waals surface area contributed by atoms with Crippen molar-refractivity contribution in [2.45, 2.75) is 0 Å². The molecule has 21 heavy (non-hydrogen) atoms. The normalized spacial score (nSPS) is 11.3. The van der Waals surface area contributed by atoms with Gasteiger partial charge in [0, 0.05) is 0 Å². The van der Waals surface area contributed by atoms with E-state index in [2.05, 4.69) is 15.3 Å². The van der Waals surface area contributed by atoms with Crippen molar-refractivity contribution in [1.29, 1.82) is 0 Å². The van der Waals surface area contributed by atoms with Crippen molar-refractivity contribution < 1.29 is 13.2 Å². The quantitative estimate of drug-likeness (QED) is 0.569. The lowest BCUT2D eigenvalue weighted by Gasteiger charge is -1.99. The Morgan fingerprint density at radius 1 is 1.14 bits per heavy atom. The van der Waals surface area contributed by atoms with E-state index in [0.717, 1.165) is 18.2 Å². The Balaban J connectivity index is 1.92. The lowest BCUT2D eigenvalue weighted by molar-refractivity contribution is 0.580. The van der Waals surface area contributed by atoms with Crippen LogP contribution in [0.1, 0.15) is 0 Å². The summed E-state index contributed by atoms with van der Waals surface area (Å²) in [6.45, 7) is 0. The van der Waals surface area contributed by atoms with E-state index in [1.54, 1.807) is 12.1 Å². The topological polar surface area (TPSA) is 56.2 Å². The number of halogens is 2. The van der Waals surface area contributed by atoms with E-state index in [1.807, 2.05) is 0 Å². The number of benzene rings is 1. The van der Waals surface area contributed by atoms with Gasteiger partial charge in [0.25, 0.3) is 0 Å². The fourth-order valence-corrected chi connectivity index (χ4v) is 2.76. The van der Waals surface area contributed by atoms with Crippen LogP contribution in [-0.2, 0) is 0 Å². The molecule has 0 bridgehead atoms. The number of aromatic nitrogens is 4. The van der Waals surface area contributed by atoms with Crippen LogP contribution in [-0.4, -0.2) is 19.8 Å². The van der Waals surface area contributed by atoms with Gasteiger partial charge in [-0.15, -0.1) is 15.3 Å². The van der Waals surface area contributed by atoms with Gasteiger partial charge in [-0.05, 0) is 30.3 Å². The van der Waals surface area contributed by atoms with Crippen LogP contribution in [0.2, 0.25) is 0 Å². The van der Waals surface area contributed by atoms with Crippen molar-refractivity contribution in [3.63, 3.8) is 0 Å². The molecule has 0 amide bonds. The summed E-state index contributed by atoms with van der Waals surface area (Å²) in [5.74, 6) is -0.407. The number of hydrogen-bond donors (Lipinski definition) is 0. The van der Waals surface area contributed by atoms with E-state index in [4.69, 9.17) is 4.42 Å². The van der Waals surface area contributed by atoms with Gasteiger partial charge in [0.2, 0.25) is 4.96 Å². The second-order valence-corrected chi connectivity index (χ2v) is 5.18. The lowest BCUT2D eigenvalue weighted by atomic mass is 10.2. The highest BCUT2D eigenvalue weighted by Gasteiger charge is 2.18. The third-order valence-corrected chi connectivity index (χ3v) is 3.81. The largest absolute Gasteiger partial charge is 0.462 e. The standard InChI is InChI=1S/C13H6F2N4OS/c14-7-3-4-9(15)8(6-7)11-16-17-13-19(11)18-12(21-13)10-2-1-5-20-10/h1-6H. The zero-order valence-corrected chi connectivity index (χ0v) is 11.1. The molecule has 0 aliphatic heterocycles. The van der Waals surface area contributed by atoms with E-state index in [1.165, 1.54) is 22.1 Å². The molecular weight excluding hydrogens is 298 g/mol. The molecule has 104 valence electrons. The first-order chi connectivity index (χ1) is 10.2. The van der Waals surface area contributed by atoms with Crippen LogP contribution in [0.15, 0.2) is 41.0 Å². The van der Waals surface area contributed by atoms with Crippen molar-refractivity contribution >= 4 is 16.3 Å². The highest BCUT2D eigenvalue weighted by molar-refractivity contribution is 7.19. The van der Waals surface area contributed by atoms with Gasteiger partial charge < -0.3 is 4.42 Å². The van der Waals surface area contributed by atoms with E-state index >= 15 is 0 Å². The van der Waals surface area contributed by atoms with E-state index in [-0.39, 0.29) is 11.4 Å². The number of nitrogens with zero attached hydrogens (tertiary/aromatic N) is 4. The molecule has 0 unspecified atom stereocenters. The Labute approximate surface area is 120 Å². The summed E-state index contributed by atoms with van der Waals surface area (Å²) in [6.07, 6.45) is 1.53. The smallest absolute Gasteiger partial charge is 0.235 e. The average molecular weight is 304 g/mol. The van der Waals surface area contributed by atoms with Gasteiger partial charge in [0.05, 0.1) is 11.8 Å². The van der Waals surface area contributed by atoms with E-state index in [9.17, 15) is 8.78 Å². The van der Waals surface area contributed by atoms with Crippen molar-refractivity contribution in [1.82, 2.24) is 19.8 Å². The fraction of sp³-hybridized carbons (Fsp3) is 0. The highest BCUT2D eigenvalue weighted by Crippen LogP contribution is 2.29. The molecule has 0 saturated carbocycles. The Hall–Kier alpha value is -2.61. The van der Waals surface area contributed by atoms with Crippen molar-refractivity contribution in [2.75, 3.05) is 0 Å². The molecule has 4 aromatic rings. The molecule has 8 heteroatoms. The molecule has 3 aromatic heterocycles. The molecule has 0 N–H and O–H groups in total. The summed E-state index contributed by atoms with van der Waals surface area (Å²) in [5, 5.41) is 12.7. The molecule has 1 aromatic carbocycles. The zero-order chi connectivity index (χ0) is 14.4. The number of fused-ring (bicyclic) bond motifs is 1. The molecule has 0 fully saturated rings. The van der Waals surface area contributed by atoms with Gasteiger partial charge in [-0.2, -0.15) is 4.52 Å². The monoisotopic (exact) mass is 304 g/mol. The molecule has 0 aliphatic carbocycles. The summed E-state index contributed by atoms with van der Waals surface area (Å²) in [7, 11) is 0. The first-order valence-corrected chi connectivity index (χ1v) is 6.75. The summed E-state index contributed by atoms with van der Waals surface area (Å²) in [5.41, 5.74) is 0.0128. The van der Waals surface area contributed by atoms with Crippen molar-refractivity contribution in [3.05, 3.63) is 48.2 Å². The van der Waals surface area contributed by atoms with Crippen LogP contribution < -0.4 is 0 Å². The minimum absolute atomic E-state index is 0.0128. The van der Waals surface area contributed by atoms with Gasteiger partial charge in [-0.25, -0.2) is 8.78 Å². The average Bonchev–Trinajstić information content (AvgIpc) is 3.15. The minimum Gasteiger partial charge on any atom is -0.462 e. The maximum absolute atomic E-state index is 13.9. The molecule has 0 aliphatic rings. The molecule has 0 atom stereocenters. The van der Waals surface area contributed by atoms with Crippen LogP contribution in [0.3, 0.4) is 0 Å². The Morgan fingerprint density at radius 3 is 2.86 bits per heavy atom. The molecule has 3 heterocycles. The second kappa shape index (κ2) is 4.45. The molecule has 0 radical (unpaired) electrons. The van der Waals surface area contributed by atoms with Crippen LogP contribution >= 0.6 is 11.3 Å². The number of furan rings is 1. The lowest BCUT2D eigenvalue weighted by Crippen LogP contribution is -1.94. The predicted molar refractivity (Wildman–Crippen MR) is 71.7 cm³/mol. The molecule has 0 saturated heterocycles. The zero-order valence-electron chi connectivity index (χ0n) is 10.3. The predicted octanol–water partition coefficient (Wildman–Crippen LogP) is 3.39. The molecule has 4 rings (SSSR count). The van der Waals surface area contributed by atoms with Gasteiger partial charge in [0.15, 0.2) is 16.6 Å². The SMILES string of the molecule is Fc1ccc(F)c(-c2nnc3sc(-c4ccco4)nn23)c1. The molecule has 0 spiro atoms. The summed E-state index contributed by atoms with van der Waals surface area (Å²) in [4.78, 5) is 0.472. The van der Waals surface area contributed by atoms with Crippen molar-refractivity contribution in [3.8, 4) is 22.2 Å². The van der Waals surface area contributed by atoms with Crippen LogP contribution in [0, 0.1) is 11.6 Å². The summed E-state index contributed by atoms with van der Waals surface area (Å²) in [6, 6.07) is 6.66. The highest BCUT2D eigenvalue weighted by atomic mass is 32.1. The summed E-state index contributed by atoms with van der Waals surface area (Å²) < 4.78 is 33.8. The van der Waals surface area contributed by atoms with Gasteiger partial charge in [-0.1, -0.05) is 11.3 Å². The van der Waals surface area contributed by atoms with Crippen molar-refractivity contribution in [2.24, 2.45) is 0 Å². The van der Waals surface area contributed by atoms with Crippen LogP contribution in [0.25, 0.3) is 27.1 Å². The third kappa shape index (κ3) is 1.91. The van der Waals surface area contributed by atoms with Gasteiger partial charge in [-0.3, -0.25) is 0 Å². The second-order valence-electron chi connectivity index (χ2n) is 4.23. The first kappa shape index (κ1) is 12.2. The summed E-state index contributed by atoms with van der Waals surface area (Å²) >= 11 is 1.25. The number of rotatable bonds is 2. The fourth-order valence-electron chi connectivity index (χ4n) is 1.95. The van der Waals surface area contributed by atoms with Gasteiger partial charge >= 0.3 is 0 Å². The maximum atomic E-state index is 13.9.